The Labute approximate surface area is 113 Å². The molecule has 2 nitrogen and oxygen atoms in total. The summed E-state index contributed by atoms with van der Waals surface area (Å²) in [5, 5.41) is 3.37. The molecule has 1 aromatic carbocycles. The Hall–Kier alpha value is -1.74. The molecule has 2 aromatic rings. The van der Waals surface area contributed by atoms with Gasteiger partial charge in [-0.3, -0.25) is 4.98 Å². The molecular weight excluding hydrogens is 239 g/mol. The molecule has 0 amide bonds. The summed E-state index contributed by atoms with van der Waals surface area (Å²) in [5.74, 6) is -0.203. The lowest BCUT2D eigenvalue weighted by Crippen LogP contribution is -2.23. The van der Waals surface area contributed by atoms with Crippen LogP contribution in [0.4, 0.5) is 4.39 Å². The molecule has 1 atom stereocenters. The van der Waals surface area contributed by atoms with Crippen LogP contribution in [0.1, 0.15) is 35.3 Å². The van der Waals surface area contributed by atoms with Crippen molar-refractivity contribution in [3.05, 3.63) is 64.7 Å². The van der Waals surface area contributed by atoms with Crippen LogP contribution in [0.3, 0.4) is 0 Å². The highest BCUT2D eigenvalue weighted by molar-refractivity contribution is 5.32. The van der Waals surface area contributed by atoms with Gasteiger partial charge in [0.15, 0.2) is 0 Å². The zero-order valence-corrected chi connectivity index (χ0v) is 11.6. The number of aryl methyl sites for hydroxylation is 2. The van der Waals surface area contributed by atoms with E-state index in [1.54, 1.807) is 12.3 Å². The van der Waals surface area contributed by atoms with E-state index < -0.39 is 0 Å². The third kappa shape index (κ3) is 3.38. The van der Waals surface area contributed by atoms with Crippen LogP contribution in [-0.2, 0) is 0 Å². The fraction of sp³-hybridized carbons (Fsp3) is 0.312. The van der Waals surface area contributed by atoms with E-state index in [0.717, 1.165) is 28.9 Å². The summed E-state index contributed by atoms with van der Waals surface area (Å²) in [5.41, 5.74) is 3.91. The summed E-state index contributed by atoms with van der Waals surface area (Å²) in [6.07, 6.45) is 1.79. The van der Waals surface area contributed by atoms with Gasteiger partial charge < -0.3 is 5.32 Å². The largest absolute Gasteiger partial charge is 0.305 e. The minimum atomic E-state index is -0.203. The fourth-order valence-corrected chi connectivity index (χ4v) is 2.25. The van der Waals surface area contributed by atoms with Crippen LogP contribution in [0.25, 0.3) is 0 Å². The Morgan fingerprint density at radius 2 is 1.95 bits per heavy atom. The van der Waals surface area contributed by atoms with Crippen LogP contribution >= 0.6 is 0 Å². The second kappa shape index (κ2) is 5.93. The van der Waals surface area contributed by atoms with Crippen LogP contribution in [0.2, 0.25) is 0 Å². The van der Waals surface area contributed by atoms with E-state index in [9.17, 15) is 4.39 Å². The molecule has 0 saturated carbocycles. The molecule has 1 unspecified atom stereocenters. The van der Waals surface area contributed by atoms with Gasteiger partial charge in [0.1, 0.15) is 5.82 Å². The molecule has 1 heterocycles. The topological polar surface area (TPSA) is 24.9 Å². The Balaban J connectivity index is 2.44. The van der Waals surface area contributed by atoms with E-state index >= 15 is 0 Å². The Kier molecular flexibility index (Phi) is 4.27. The van der Waals surface area contributed by atoms with Crippen molar-refractivity contribution in [1.82, 2.24) is 10.3 Å². The van der Waals surface area contributed by atoms with Crippen molar-refractivity contribution < 1.29 is 4.39 Å². The van der Waals surface area contributed by atoms with Crippen LogP contribution in [-0.4, -0.2) is 11.5 Å². The van der Waals surface area contributed by atoms with Gasteiger partial charge in [-0.1, -0.05) is 13.0 Å². The summed E-state index contributed by atoms with van der Waals surface area (Å²) in [6.45, 7) is 6.77. The maximum atomic E-state index is 13.6. The van der Waals surface area contributed by atoms with E-state index in [-0.39, 0.29) is 11.9 Å². The van der Waals surface area contributed by atoms with Gasteiger partial charge in [0, 0.05) is 6.20 Å². The van der Waals surface area contributed by atoms with E-state index in [2.05, 4.69) is 10.3 Å². The lowest BCUT2D eigenvalue weighted by molar-refractivity contribution is 0.594. The monoisotopic (exact) mass is 258 g/mol. The highest BCUT2D eigenvalue weighted by atomic mass is 19.1. The predicted octanol–water partition coefficient (Wildman–Crippen LogP) is 3.54. The standard InChI is InChI=1S/C16H19FN2/c1-4-18-16(15-9-11(2)5-6-19-15)13-7-12(3)8-14(17)10-13/h5-10,16,18H,4H2,1-3H3. The van der Waals surface area contributed by atoms with Gasteiger partial charge in [-0.25, -0.2) is 4.39 Å². The highest BCUT2D eigenvalue weighted by Gasteiger charge is 2.15. The second-order valence-corrected chi connectivity index (χ2v) is 4.81. The summed E-state index contributed by atoms with van der Waals surface area (Å²) in [4.78, 5) is 4.41. The van der Waals surface area contributed by atoms with Crippen LogP contribution in [0.15, 0.2) is 36.5 Å². The van der Waals surface area contributed by atoms with Gasteiger partial charge >= 0.3 is 0 Å². The number of nitrogens with one attached hydrogen (secondary N) is 1. The summed E-state index contributed by atoms with van der Waals surface area (Å²) < 4.78 is 13.6. The Morgan fingerprint density at radius 3 is 2.58 bits per heavy atom. The van der Waals surface area contributed by atoms with Crippen molar-refractivity contribution in [2.24, 2.45) is 0 Å². The Bertz CT molecular complexity index is 546. The molecule has 0 spiro atoms. The van der Waals surface area contributed by atoms with E-state index in [0.29, 0.717) is 0 Å². The van der Waals surface area contributed by atoms with Crippen LogP contribution < -0.4 is 5.32 Å². The first-order chi connectivity index (χ1) is 9.10. The first kappa shape index (κ1) is 13.7. The van der Waals surface area contributed by atoms with Crippen molar-refractivity contribution in [1.29, 1.82) is 0 Å². The van der Waals surface area contributed by atoms with Crippen molar-refractivity contribution >= 4 is 0 Å². The minimum absolute atomic E-state index is 0.0701. The van der Waals surface area contributed by atoms with Gasteiger partial charge in [0.25, 0.3) is 0 Å². The molecule has 0 saturated heterocycles. The number of benzene rings is 1. The van der Waals surface area contributed by atoms with Crippen molar-refractivity contribution in [3.63, 3.8) is 0 Å². The lowest BCUT2D eigenvalue weighted by Gasteiger charge is -2.19. The van der Waals surface area contributed by atoms with Gasteiger partial charge in [-0.05, 0) is 61.3 Å². The van der Waals surface area contributed by atoms with Gasteiger partial charge in [0.2, 0.25) is 0 Å². The van der Waals surface area contributed by atoms with Crippen molar-refractivity contribution in [2.75, 3.05) is 6.54 Å². The van der Waals surface area contributed by atoms with Crippen molar-refractivity contribution in [3.8, 4) is 0 Å². The maximum absolute atomic E-state index is 13.6. The lowest BCUT2D eigenvalue weighted by atomic mass is 10.00. The van der Waals surface area contributed by atoms with Crippen LogP contribution in [0.5, 0.6) is 0 Å². The first-order valence-corrected chi connectivity index (χ1v) is 6.53. The summed E-state index contributed by atoms with van der Waals surface area (Å²) >= 11 is 0. The molecule has 3 heteroatoms. The number of halogens is 1. The maximum Gasteiger partial charge on any atom is 0.123 e. The predicted molar refractivity (Wildman–Crippen MR) is 75.6 cm³/mol. The molecule has 1 N–H and O–H groups in total. The Morgan fingerprint density at radius 1 is 1.16 bits per heavy atom. The fourth-order valence-electron chi connectivity index (χ4n) is 2.25. The quantitative estimate of drug-likeness (QED) is 0.907. The third-order valence-corrected chi connectivity index (χ3v) is 3.04. The van der Waals surface area contributed by atoms with E-state index in [4.69, 9.17) is 0 Å². The number of hydrogen-bond donors (Lipinski definition) is 1. The average molecular weight is 258 g/mol. The molecule has 0 aliphatic carbocycles. The minimum Gasteiger partial charge on any atom is -0.305 e. The smallest absolute Gasteiger partial charge is 0.123 e. The summed E-state index contributed by atoms with van der Waals surface area (Å²) in [7, 11) is 0. The second-order valence-electron chi connectivity index (χ2n) is 4.81. The van der Waals surface area contributed by atoms with Crippen LogP contribution in [0, 0.1) is 19.7 Å². The normalized spacial score (nSPS) is 12.4. The number of rotatable bonds is 4. The molecule has 0 radical (unpaired) electrons. The number of aromatic nitrogens is 1. The molecule has 2 rings (SSSR count). The molecular formula is C16H19FN2. The van der Waals surface area contributed by atoms with Gasteiger partial charge in [-0.15, -0.1) is 0 Å². The zero-order chi connectivity index (χ0) is 13.8. The number of nitrogens with zero attached hydrogens (tertiary/aromatic N) is 1. The summed E-state index contributed by atoms with van der Waals surface area (Å²) in [6, 6.07) is 9.04. The number of pyridine rings is 1. The molecule has 1 aromatic heterocycles. The molecule has 0 fully saturated rings. The van der Waals surface area contributed by atoms with Gasteiger partial charge in [0.05, 0.1) is 11.7 Å². The number of hydrogen-bond acceptors (Lipinski definition) is 2. The van der Waals surface area contributed by atoms with Gasteiger partial charge in [-0.2, -0.15) is 0 Å². The highest BCUT2D eigenvalue weighted by Crippen LogP contribution is 2.23. The molecule has 0 aliphatic heterocycles. The van der Waals surface area contributed by atoms with E-state index in [1.165, 1.54) is 6.07 Å². The molecule has 0 bridgehead atoms. The van der Waals surface area contributed by atoms with Crippen molar-refractivity contribution in [2.45, 2.75) is 26.8 Å². The zero-order valence-electron chi connectivity index (χ0n) is 11.6. The third-order valence-electron chi connectivity index (χ3n) is 3.04. The molecule has 100 valence electrons. The SMILES string of the molecule is CCNC(c1cc(C)cc(F)c1)c1cc(C)ccn1. The first-order valence-electron chi connectivity index (χ1n) is 6.53. The molecule has 0 aliphatic rings. The molecule has 19 heavy (non-hydrogen) atoms. The average Bonchev–Trinajstić information content (AvgIpc) is 2.34. The van der Waals surface area contributed by atoms with E-state index in [1.807, 2.05) is 39.0 Å².